The van der Waals surface area contributed by atoms with Crippen molar-refractivity contribution in [2.75, 3.05) is 14.2 Å². The second-order valence-electron chi connectivity index (χ2n) is 3.92. The van der Waals surface area contributed by atoms with Crippen LogP contribution in [0.3, 0.4) is 0 Å². The normalized spacial score (nSPS) is 13.8. The van der Waals surface area contributed by atoms with Crippen molar-refractivity contribution in [3.63, 3.8) is 0 Å². The molecular formula is C11H18N4O3. The number of aryl methyl sites for hydroxylation is 1. The fourth-order valence-electron chi connectivity index (χ4n) is 1.57. The van der Waals surface area contributed by atoms with Crippen LogP contribution in [-0.2, 0) is 21.4 Å². The molecule has 7 nitrogen and oxygen atoms in total. The van der Waals surface area contributed by atoms with Gasteiger partial charge in [-0.3, -0.25) is 9.48 Å². The molecule has 100 valence electrons. The van der Waals surface area contributed by atoms with Crippen LogP contribution in [0.4, 0.5) is 0 Å². The summed E-state index contributed by atoms with van der Waals surface area (Å²) in [5.41, 5.74) is 0.731. The minimum absolute atomic E-state index is 0.302. The van der Waals surface area contributed by atoms with Gasteiger partial charge in [0, 0.05) is 18.8 Å². The number of nitrogens with one attached hydrogen (secondary N) is 2. The molecule has 0 aromatic carbocycles. The lowest BCUT2D eigenvalue weighted by molar-refractivity contribution is -0.144. The average Bonchev–Trinajstić information content (AvgIpc) is 2.75. The number of amides is 1. The third kappa shape index (κ3) is 3.30. The molecule has 1 amide bonds. The van der Waals surface area contributed by atoms with Gasteiger partial charge in [0.05, 0.1) is 13.3 Å². The topological polar surface area (TPSA) is 85.2 Å². The van der Waals surface area contributed by atoms with Gasteiger partial charge in [-0.15, -0.1) is 0 Å². The molecule has 0 fully saturated rings. The molecule has 0 saturated carbocycles. The molecule has 1 aromatic rings. The molecule has 0 aliphatic heterocycles. The Labute approximate surface area is 105 Å². The summed E-state index contributed by atoms with van der Waals surface area (Å²) >= 11 is 0. The van der Waals surface area contributed by atoms with Gasteiger partial charge in [0.1, 0.15) is 12.1 Å². The molecule has 0 saturated heterocycles. The van der Waals surface area contributed by atoms with Crippen LogP contribution in [0, 0.1) is 0 Å². The smallest absolute Gasteiger partial charge is 0.328 e. The minimum Gasteiger partial charge on any atom is -0.467 e. The monoisotopic (exact) mass is 254 g/mol. The van der Waals surface area contributed by atoms with Crippen molar-refractivity contribution in [1.29, 1.82) is 0 Å². The summed E-state index contributed by atoms with van der Waals surface area (Å²) in [6.07, 6.45) is 3.34. The first-order chi connectivity index (χ1) is 8.49. The van der Waals surface area contributed by atoms with Gasteiger partial charge in [-0.2, -0.15) is 5.10 Å². The van der Waals surface area contributed by atoms with Crippen molar-refractivity contribution >= 4 is 11.9 Å². The van der Waals surface area contributed by atoms with E-state index in [9.17, 15) is 9.59 Å². The number of aromatic nitrogens is 2. The maximum absolute atomic E-state index is 12.0. The Morgan fingerprint density at radius 2 is 2.17 bits per heavy atom. The molecule has 2 atom stereocenters. The number of ether oxygens (including phenoxy) is 1. The molecule has 0 aliphatic carbocycles. The van der Waals surface area contributed by atoms with Gasteiger partial charge in [0.2, 0.25) is 5.91 Å². The summed E-state index contributed by atoms with van der Waals surface area (Å²) in [7, 11) is 4.72. The maximum atomic E-state index is 12.0. The first-order valence-corrected chi connectivity index (χ1v) is 5.53. The summed E-state index contributed by atoms with van der Waals surface area (Å²) in [4.78, 5) is 23.2. The minimum atomic E-state index is -0.685. The predicted molar refractivity (Wildman–Crippen MR) is 64.6 cm³/mol. The largest absolute Gasteiger partial charge is 0.467 e. The Morgan fingerprint density at radius 1 is 1.50 bits per heavy atom. The van der Waals surface area contributed by atoms with Gasteiger partial charge >= 0.3 is 5.97 Å². The van der Waals surface area contributed by atoms with Crippen LogP contribution >= 0.6 is 0 Å². The Bertz CT molecular complexity index is 430. The van der Waals surface area contributed by atoms with Crippen molar-refractivity contribution in [2.24, 2.45) is 7.05 Å². The Kier molecular flexibility index (Phi) is 4.85. The molecule has 18 heavy (non-hydrogen) atoms. The van der Waals surface area contributed by atoms with E-state index in [1.165, 1.54) is 7.11 Å². The highest BCUT2D eigenvalue weighted by Crippen LogP contribution is 2.11. The second-order valence-corrected chi connectivity index (χ2v) is 3.92. The average molecular weight is 254 g/mol. The van der Waals surface area contributed by atoms with Crippen LogP contribution in [0.15, 0.2) is 12.4 Å². The van der Waals surface area contributed by atoms with Gasteiger partial charge < -0.3 is 15.4 Å². The highest BCUT2D eigenvalue weighted by Gasteiger charge is 2.24. The fraction of sp³-hybridized carbons (Fsp3) is 0.545. The maximum Gasteiger partial charge on any atom is 0.328 e. The van der Waals surface area contributed by atoms with Gasteiger partial charge in [-0.1, -0.05) is 0 Å². The number of methoxy groups -OCH3 is 1. The van der Waals surface area contributed by atoms with E-state index in [4.69, 9.17) is 0 Å². The SMILES string of the molecule is CNC(C(=O)N[C@H](C)C(=O)OC)c1cnn(C)c1. The summed E-state index contributed by atoms with van der Waals surface area (Å²) < 4.78 is 6.15. The highest BCUT2D eigenvalue weighted by atomic mass is 16.5. The van der Waals surface area contributed by atoms with E-state index in [1.807, 2.05) is 0 Å². The van der Waals surface area contributed by atoms with Crippen molar-refractivity contribution < 1.29 is 14.3 Å². The van der Waals surface area contributed by atoms with E-state index in [0.717, 1.165) is 5.56 Å². The molecule has 2 N–H and O–H groups in total. The van der Waals surface area contributed by atoms with Crippen molar-refractivity contribution in [2.45, 2.75) is 19.0 Å². The lowest BCUT2D eigenvalue weighted by Gasteiger charge is -2.17. The van der Waals surface area contributed by atoms with Crippen LogP contribution in [0.5, 0.6) is 0 Å². The molecule has 1 rings (SSSR count). The number of carbonyl (C=O) groups is 2. The molecule has 0 bridgehead atoms. The Hall–Kier alpha value is -1.89. The third-order valence-corrected chi connectivity index (χ3v) is 2.52. The van der Waals surface area contributed by atoms with E-state index >= 15 is 0 Å². The molecule has 1 unspecified atom stereocenters. The van der Waals surface area contributed by atoms with E-state index in [2.05, 4.69) is 20.5 Å². The zero-order valence-electron chi connectivity index (χ0n) is 10.9. The van der Waals surface area contributed by atoms with E-state index in [0.29, 0.717) is 0 Å². The summed E-state index contributed by atoms with van der Waals surface area (Å²) in [5, 5.41) is 9.46. The van der Waals surface area contributed by atoms with Crippen molar-refractivity contribution in [3.8, 4) is 0 Å². The fourth-order valence-corrected chi connectivity index (χ4v) is 1.57. The van der Waals surface area contributed by atoms with Crippen molar-refractivity contribution in [1.82, 2.24) is 20.4 Å². The zero-order valence-corrected chi connectivity index (χ0v) is 10.9. The van der Waals surface area contributed by atoms with Gasteiger partial charge in [-0.25, -0.2) is 4.79 Å². The number of likely N-dealkylation sites (N-methyl/N-ethyl adjacent to an activating group) is 1. The van der Waals surface area contributed by atoms with Crippen molar-refractivity contribution in [3.05, 3.63) is 18.0 Å². The van der Waals surface area contributed by atoms with Crippen LogP contribution < -0.4 is 10.6 Å². The number of hydrogen-bond acceptors (Lipinski definition) is 5. The number of hydrogen-bond donors (Lipinski definition) is 2. The lowest BCUT2D eigenvalue weighted by atomic mass is 10.1. The predicted octanol–water partition coefficient (Wildman–Crippen LogP) is -0.642. The quantitative estimate of drug-likeness (QED) is 0.683. The number of esters is 1. The third-order valence-electron chi connectivity index (χ3n) is 2.52. The van der Waals surface area contributed by atoms with Crippen LogP contribution in [0.2, 0.25) is 0 Å². The number of rotatable bonds is 5. The second kappa shape index (κ2) is 6.15. The van der Waals surface area contributed by atoms with E-state index in [-0.39, 0.29) is 5.91 Å². The molecule has 0 spiro atoms. The molecule has 1 aromatic heterocycles. The van der Waals surface area contributed by atoms with Gasteiger partial charge in [-0.05, 0) is 14.0 Å². The standard InChI is InChI=1S/C11H18N4O3/c1-7(11(17)18-4)14-10(16)9(12-2)8-5-13-15(3)6-8/h5-7,9,12H,1-4H3,(H,14,16)/t7-,9?/m1/s1. The lowest BCUT2D eigenvalue weighted by Crippen LogP contribution is -2.44. The zero-order chi connectivity index (χ0) is 13.7. The molecule has 1 heterocycles. The van der Waals surface area contributed by atoms with Gasteiger partial charge in [0.25, 0.3) is 0 Å². The van der Waals surface area contributed by atoms with Crippen LogP contribution in [-0.4, -0.2) is 41.9 Å². The molecule has 0 radical (unpaired) electrons. The van der Waals surface area contributed by atoms with Gasteiger partial charge in [0.15, 0.2) is 0 Å². The number of nitrogens with zero attached hydrogens (tertiary/aromatic N) is 2. The number of carbonyl (C=O) groups excluding carboxylic acids is 2. The Morgan fingerprint density at radius 3 is 2.61 bits per heavy atom. The van der Waals surface area contributed by atoms with Crippen LogP contribution in [0.1, 0.15) is 18.5 Å². The first-order valence-electron chi connectivity index (χ1n) is 5.53. The Balaban J connectivity index is 2.72. The highest BCUT2D eigenvalue weighted by molar-refractivity contribution is 5.88. The molecule has 7 heteroatoms. The summed E-state index contributed by atoms with van der Waals surface area (Å²) in [6, 6.07) is -1.24. The van der Waals surface area contributed by atoms with Crippen LogP contribution in [0.25, 0.3) is 0 Å². The summed E-state index contributed by atoms with van der Waals surface area (Å²) in [6.45, 7) is 1.57. The molecule has 0 aliphatic rings. The van der Waals surface area contributed by atoms with E-state index in [1.54, 1.807) is 38.1 Å². The molecular weight excluding hydrogens is 236 g/mol. The van der Waals surface area contributed by atoms with E-state index < -0.39 is 18.1 Å². The summed E-state index contributed by atoms with van der Waals surface area (Å²) in [5.74, 6) is -0.784. The first kappa shape index (κ1) is 14.2.